The number of aliphatic carboxylic acids is 1. The van der Waals surface area contributed by atoms with E-state index in [0.717, 1.165) is 32.1 Å². The van der Waals surface area contributed by atoms with Crippen LogP contribution in [0.15, 0.2) is 12.2 Å². The number of allylic oxidation sites excluding steroid dienone is 2. The van der Waals surface area contributed by atoms with Crippen molar-refractivity contribution in [1.29, 1.82) is 0 Å². The van der Waals surface area contributed by atoms with Gasteiger partial charge in [-0.25, -0.2) is 4.79 Å². The lowest BCUT2D eigenvalue weighted by Gasteiger charge is -2.23. The molecule has 0 aromatic heterocycles. The summed E-state index contributed by atoms with van der Waals surface area (Å²) in [5, 5.41) is 12.0. The van der Waals surface area contributed by atoms with Crippen LogP contribution in [0.2, 0.25) is 0 Å². The normalized spacial score (nSPS) is 13.3. The Labute approximate surface area is 189 Å². The Morgan fingerprint density at radius 3 is 1.84 bits per heavy atom. The third-order valence-electron chi connectivity index (χ3n) is 5.67. The molecule has 1 amide bonds. The molecule has 0 bridgehead atoms. The van der Waals surface area contributed by atoms with Gasteiger partial charge in [-0.1, -0.05) is 70.4 Å². The zero-order valence-corrected chi connectivity index (χ0v) is 19.9. The van der Waals surface area contributed by atoms with Gasteiger partial charge in [0.05, 0.1) is 0 Å². The molecular formula is C25H46N2O4. The van der Waals surface area contributed by atoms with E-state index in [4.69, 9.17) is 5.73 Å². The number of carboxylic acids is 1. The third-order valence-corrected chi connectivity index (χ3v) is 5.67. The van der Waals surface area contributed by atoms with E-state index >= 15 is 0 Å². The highest BCUT2D eigenvalue weighted by atomic mass is 16.4. The number of nitrogens with two attached hydrogens (primary N) is 1. The van der Waals surface area contributed by atoms with Gasteiger partial charge in [0.1, 0.15) is 0 Å². The van der Waals surface area contributed by atoms with Gasteiger partial charge in [0, 0.05) is 19.4 Å². The van der Waals surface area contributed by atoms with Crippen molar-refractivity contribution in [3.63, 3.8) is 0 Å². The minimum absolute atomic E-state index is 0.0608. The Balaban J connectivity index is 3.83. The van der Waals surface area contributed by atoms with E-state index in [1.807, 2.05) is 0 Å². The number of nitrogens with one attached hydrogen (secondary N) is 1. The molecule has 0 fully saturated rings. The zero-order valence-electron chi connectivity index (χ0n) is 19.9. The van der Waals surface area contributed by atoms with Crippen LogP contribution in [0.25, 0.3) is 0 Å². The second kappa shape index (κ2) is 19.0. The number of unbranched alkanes of at least 4 members (excludes halogenated alkanes) is 11. The lowest BCUT2D eigenvalue weighted by atomic mass is 9.86. The van der Waals surface area contributed by atoms with Gasteiger partial charge < -0.3 is 16.2 Å². The molecular weight excluding hydrogens is 392 g/mol. The Bertz CT molecular complexity index is 534. The predicted molar refractivity (Wildman–Crippen MR) is 127 cm³/mol. The van der Waals surface area contributed by atoms with Crippen molar-refractivity contribution in [2.45, 2.75) is 122 Å². The topological polar surface area (TPSA) is 109 Å². The van der Waals surface area contributed by atoms with Gasteiger partial charge in [0.15, 0.2) is 11.3 Å². The van der Waals surface area contributed by atoms with Crippen LogP contribution in [0.1, 0.15) is 117 Å². The Hall–Kier alpha value is -1.69. The molecule has 180 valence electrons. The number of hydrogen-bond acceptors (Lipinski definition) is 4. The molecule has 1 atom stereocenters. The first-order chi connectivity index (χ1) is 14.9. The highest BCUT2D eigenvalue weighted by molar-refractivity contribution is 6.07. The molecule has 1 unspecified atom stereocenters. The van der Waals surface area contributed by atoms with Crippen molar-refractivity contribution in [3.8, 4) is 0 Å². The molecule has 0 aromatic rings. The predicted octanol–water partition coefficient (Wildman–Crippen LogP) is 5.29. The number of rotatable bonds is 21. The number of ketones is 1. The Morgan fingerprint density at radius 1 is 0.806 bits per heavy atom. The number of carbonyl (C=O) groups excluding carboxylic acids is 2. The van der Waals surface area contributed by atoms with E-state index in [2.05, 4.69) is 24.4 Å². The fraction of sp³-hybridized carbons (Fsp3) is 0.800. The van der Waals surface area contributed by atoms with Gasteiger partial charge in [0.25, 0.3) is 0 Å². The van der Waals surface area contributed by atoms with Gasteiger partial charge in [-0.2, -0.15) is 0 Å². The lowest BCUT2D eigenvalue weighted by Crippen LogP contribution is -2.55. The van der Waals surface area contributed by atoms with Crippen LogP contribution in [0.4, 0.5) is 0 Å². The summed E-state index contributed by atoms with van der Waals surface area (Å²) >= 11 is 0. The van der Waals surface area contributed by atoms with Gasteiger partial charge in [-0.3, -0.25) is 9.59 Å². The molecule has 31 heavy (non-hydrogen) atoms. The standard InChI is InChI=1S/C25H46N2O4/c1-3-5-6-7-8-9-10-11-12-13-14-15-16-17-18-19-22(28)25(26,24(30)31)21-20-23(29)27-4-2/h11-12H,3-10,13-21,26H2,1-2H3,(H,27,29)(H,30,31)/b12-11-. The van der Waals surface area contributed by atoms with Crippen molar-refractivity contribution < 1.29 is 19.5 Å². The van der Waals surface area contributed by atoms with Crippen molar-refractivity contribution in [2.24, 2.45) is 5.73 Å². The largest absolute Gasteiger partial charge is 0.480 e. The summed E-state index contributed by atoms with van der Waals surface area (Å²) in [6.45, 7) is 4.49. The maximum atomic E-state index is 12.4. The van der Waals surface area contributed by atoms with E-state index < -0.39 is 17.3 Å². The number of Topliss-reactive ketones (excluding diaryl/α,β-unsaturated/α-hetero) is 1. The molecule has 0 saturated carbocycles. The average Bonchev–Trinajstić information content (AvgIpc) is 2.74. The van der Waals surface area contributed by atoms with E-state index in [9.17, 15) is 19.5 Å². The van der Waals surface area contributed by atoms with E-state index in [1.165, 1.54) is 44.9 Å². The van der Waals surface area contributed by atoms with Gasteiger partial charge >= 0.3 is 5.97 Å². The summed E-state index contributed by atoms with van der Waals surface area (Å²) < 4.78 is 0. The first-order valence-electron chi connectivity index (χ1n) is 12.4. The van der Waals surface area contributed by atoms with E-state index in [1.54, 1.807) is 6.92 Å². The summed E-state index contributed by atoms with van der Waals surface area (Å²) in [4.78, 5) is 35.4. The maximum absolute atomic E-state index is 12.4. The first-order valence-corrected chi connectivity index (χ1v) is 12.4. The highest BCUT2D eigenvalue weighted by Gasteiger charge is 2.41. The average molecular weight is 439 g/mol. The molecule has 0 radical (unpaired) electrons. The molecule has 0 aliphatic carbocycles. The van der Waals surface area contributed by atoms with Crippen molar-refractivity contribution in [2.75, 3.05) is 6.54 Å². The third kappa shape index (κ3) is 14.9. The van der Waals surface area contributed by atoms with Crippen LogP contribution in [0.3, 0.4) is 0 Å². The number of amides is 1. The number of carbonyl (C=O) groups is 3. The van der Waals surface area contributed by atoms with Crippen LogP contribution < -0.4 is 11.1 Å². The smallest absolute Gasteiger partial charge is 0.331 e. The molecule has 0 rings (SSSR count). The van der Waals surface area contributed by atoms with Crippen molar-refractivity contribution in [1.82, 2.24) is 5.32 Å². The molecule has 0 spiro atoms. The SMILES string of the molecule is CCCCCCCC/C=C\CCCCCCCC(=O)C(N)(CCC(=O)NCC)C(=O)O. The Morgan fingerprint density at radius 2 is 1.32 bits per heavy atom. The van der Waals surface area contributed by atoms with Crippen molar-refractivity contribution in [3.05, 3.63) is 12.2 Å². The molecule has 0 aliphatic rings. The lowest BCUT2D eigenvalue weighted by molar-refractivity contribution is -0.148. The molecule has 6 heteroatoms. The van der Waals surface area contributed by atoms with Gasteiger partial charge in [-0.05, 0) is 45.4 Å². The van der Waals surface area contributed by atoms with E-state index in [-0.39, 0.29) is 25.2 Å². The summed E-state index contributed by atoms with van der Waals surface area (Å²) in [6, 6.07) is 0. The monoisotopic (exact) mass is 438 g/mol. The Kier molecular flexibility index (Phi) is 18.0. The van der Waals surface area contributed by atoms with Crippen LogP contribution in [-0.4, -0.2) is 34.8 Å². The van der Waals surface area contributed by atoms with Crippen LogP contribution in [-0.2, 0) is 14.4 Å². The molecule has 0 heterocycles. The molecule has 6 nitrogen and oxygen atoms in total. The number of carboxylic acid groups (broad SMARTS) is 1. The summed E-state index contributed by atoms with van der Waals surface area (Å²) in [7, 11) is 0. The van der Waals surface area contributed by atoms with Crippen LogP contribution >= 0.6 is 0 Å². The van der Waals surface area contributed by atoms with E-state index in [0.29, 0.717) is 13.0 Å². The minimum atomic E-state index is -1.97. The number of hydrogen-bond donors (Lipinski definition) is 3. The summed E-state index contributed by atoms with van der Waals surface area (Å²) in [6.07, 6.45) is 19.6. The molecule has 0 saturated heterocycles. The fourth-order valence-corrected chi connectivity index (χ4v) is 3.54. The van der Waals surface area contributed by atoms with Crippen molar-refractivity contribution >= 4 is 17.7 Å². The highest BCUT2D eigenvalue weighted by Crippen LogP contribution is 2.17. The molecule has 4 N–H and O–H groups in total. The summed E-state index contributed by atoms with van der Waals surface area (Å²) in [5.74, 6) is -2.12. The van der Waals surface area contributed by atoms with Crippen LogP contribution in [0.5, 0.6) is 0 Å². The quantitative estimate of drug-likeness (QED) is 0.128. The zero-order chi connectivity index (χ0) is 23.4. The first kappa shape index (κ1) is 29.3. The summed E-state index contributed by atoms with van der Waals surface area (Å²) in [5.41, 5.74) is 3.89. The van der Waals surface area contributed by atoms with Gasteiger partial charge in [0.2, 0.25) is 5.91 Å². The fourth-order valence-electron chi connectivity index (χ4n) is 3.54. The maximum Gasteiger partial charge on any atom is 0.331 e. The second-order valence-corrected chi connectivity index (χ2v) is 8.49. The second-order valence-electron chi connectivity index (χ2n) is 8.49. The molecule has 0 aromatic carbocycles. The van der Waals surface area contributed by atoms with Gasteiger partial charge in [-0.15, -0.1) is 0 Å². The van der Waals surface area contributed by atoms with Crippen LogP contribution in [0, 0.1) is 0 Å². The molecule has 0 aliphatic heterocycles. The minimum Gasteiger partial charge on any atom is -0.480 e.